The minimum Gasteiger partial charge on any atom is -0.373 e. The monoisotopic (exact) mass is 289 g/mol. The van der Waals surface area contributed by atoms with E-state index in [0.29, 0.717) is 18.2 Å². The predicted octanol–water partition coefficient (Wildman–Crippen LogP) is 0.608. The molecular formula is C14H19N5O2. The molecule has 0 fully saturated rings. The van der Waals surface area contributed by atoms with Gasteiger partial charge in [0, 0.05) is 37.6 Å². The number of aromatic nitrogens is 4. The number of nitrogens with zero attached hydrogens (tertiary/aromatic N) is 4. The Morgan fingerprint density at radius 3 is 2.71 bits per heavy atom. The van der Waals surface area contributed by atoms with Crippen LogP contribution in [0.25, 0.3) is 0 Å². The van der Waals surface area contributed by atoms with Crippen molar-refractivity contribution in [3.63, 3.8) is 0 Å². The molecule has 0 saturated carbocycles. The van der Waals surface area contributed by atoms with E-state index in [4.69, 9.17) is 0 Å². The zero-order valence-electron chi connectivity index (χ0n) is 12.5. The van der Waals surface area contributed by atoms with Gasteiger partial charge in [-0.05, 0) is 13.3 Å². The zero-order chi connectivity index (χ0) is 15.4. The topological polar surface area (TPSA) is 81.8 Å². The molecule has 0 amide bonds. The van der Waals surface area contributed by atoms with Crippen molar-refractivity contribution in [2.45, 2.75) is 33.4 Å². The van der Waals surface area contributed by atoms with Crippen LogP contribution in [0.1, 0.15) is 24.9 Å². The van der Waals surface area contributed by atoms with Gasteiger partial charge in [0.2, 0.25) is 0 Å². The molecule has 1 N–H and O–H groups in total. The van der Waals surface area contributed by atoms with Crippen LogP contribution in [0.2, 0.25) is 0 Å². The Hall–Kier alpha value is -2.44. The molecule has 2 heterocycles. The van der Waals surface area contributed by atoms with Gasteiger partial charge >= 0.3 is 5.69 Å². The van der Waals surface area contributed by atoms with E-state index in [1.807, 2.05) is 13.8 Å². The number of aryl methyl sites for hydroxylation is 2. The molecule has 0 atom stereocenters. The van der Waals surface area contributed by atoms with Gasteiger partial charge in [-0.3, -0.25) is 9.36 Å². The highest BCUT2D eigenvalue weighted by molar-refractivity contribution is 5.34. The molecule has 21 heavy (non-hydrogen) atoms. The molecule has 112 valence electrons. The molecular weight excluding hydrogens is 270 g/mol. The molecule has 0 spiro atoms. The molecule has 0 aliphatic heterocycles. The number of anilines is 1. The Morgan fingerprint density at radius 2 is 2.05 bits per heavy atom. The molecule has 0 aromatic carbocycles. The van der Waals surface area contributed by atoms with E-state index in [2.05, 4.69) is 15.3 Å². The number of hydrogen-bond acceptors (Lipinski definition) is 5. The Labute approximate surface area is 122 Å². The largest absolute Gasteiger partial charge is 0.373 e. The standard InChI is InChI=1S/C14H19N5O2/c1-4-6-18-7-5-13(20)19(14(18)21)9-12-16-10(2)8-11(15-3)17-12/h5,7-8H,4,6,9H2,1-3H3,(H,15,16,17). The lowest BCUT2D eigenvalue weighted by molar-refractivity contribution is 0.562. The molecule has 0 bridgehead atoms. The highest BCUT2D eigenvalue weighted by Gasteiger charge is 2.08. The fraction of sp³-hybridized carbons (Fsp3) is 0.429. The first-order valence-corrected chi connectivity index (χ1v) is 6.87. The normalized spacial score (nSPS) is 10.6. The van der Waals surface area contributed by atoms with Crippen LogP contribution in [0, 0.1) is 6.92 Å². The van der Waals surface area contributed by atoms with Crippen LogP contribution in [-0.2, 0) is 13.1 Å². The van der Waals surface area contributed by atoms with Gasteiger partial charge in [0.15, 0.2) is 5.82 Å². The molecule has 0 aliphatic rings. The lowest BCUT2D eigenvalue weighted by Crippen LogP contribution is -2.39. The molecule has 0 unspecified atom stereocenters. The van der Waals surface area contributed by atoms with Gasteiger partial charge in [0.05, 0.1) is 6.54 Å². The Kier molecular flexibility index (Phi) is 4.52. The molecule has 7 heteroatoms. The third-order valence-corrected chi connectivity index (χ3v) is 3.06. The fourth-order valence-electron chi connectivity index (χ4n) is 2.08. The second kappa shape index (κ2) is 6.34. The summed E-state index contributed by atoms with van der Waals surface area (Å²) in [5, 5.41) is 2.93. The Morgan fingerprint density at radius 1 is 1.29 bits per heavy atom. The summed E-state index contributed by atoms with van der Waals surface area (Å²) in [6.07, 6.45) is 2.35. The second-order valence-electron chi connectivity index (χ2n) is 4.78. The van der Waals surface area contributed by atoms with Crippen LogP contribution in [-0.4, -0.2) is 26.1 Å². The highest BCUT2D eigenvalue weighted by Crippen LogP contribution is 2.05. The van der Waals surface area contributed by atoms with Gasteiger partial charge in [-0.1, -0.05) is 6.92 Å². The van der Waals surface area contributed by atoms with E-state index in [1.165, 1.54) is 16.8 Å². The summed E-state index contributed by atoms with van der Waals surface area (Å²) in [7, 11) is 1.76. The van der Waals surface area contributed by atoms with Gasteiger partial charge in [0.1, 0.15) is 5.82 Å². The zero-order valence-corrected chi connectivity index (χ0v) is 12.5. The average molecular weight is 289 g/mol. The van der Waals surface area contributed by atoms with E-state index in [-0.39, 0.29) is 17.8 Å². The molecule has 0 radical (unpaired) electrons. The Bertz CT molecular complexity index is 748. The second-order valence-corrected chi connectivity index (χ2v) is 4.78. The fourth-order valence-corrected chi connectivity index (χ4v) is 2.08. The van der Waals surface area contributed by atoms with E-state index < -0.39 is 0 Å². The maximum Gasteiger partial charge on any atom is 0.331 e. The first-order valence-electron chi connectivity index (χ1n) is 6.87. The van der Waals surface area contributed by atoms with Crippen molar-refractivity contribution >= 4 is 5.82 Å². The minimum absolute atomic E-state index is 0.0680. The maximum atomic E-state index is 12.3. The summed E-state index contributed by atoms with van der Waals surface area (Å²) in [5.74, 6) is 1.10. The van der Waals surface area contributed by atoms with Crippen LogP contribution >= 0.6 is 0 Å². The van der Waals surface area contributed by atoms with Crippen molar-refractivity contribution in [2.75, 3.05) is 12.4 Å². The molecule has 2 aromatic rings. The third-order valence-electron chi connectivity index (χ3n) is 3.06. The Balaban J connectivity index is 2.44. The minimum atomic E-state index is -0.344. The molecule has 2 aromatic heterocycles. The van der Waals surface area contributed by atoms with Crippen LogP contribution in [0.3, 0.4) is 0 Å². The number of rotatable bonds is 5. The van der Waals surface area contributed by atoms with Crippen molar-refractivity contribution in [3.05, 3.63) is 50.7 Å². The van der Waals surface area contributed by atoms with Crippen LogP contribution in [0.5, 0.6) is 0 Å². The maximum absolute atomic E-state index is 12.3. The van der Waals surface area contributed by atoms with Crippen LogP contribution in [0.15, 0.2) is 27.9 Å². The summed E-state index contributed by atoms with van der Waals surface area (Å²) in [6, 6.07) is 3.19. The third kappa shape index (κ3) is 3.36. The summed E-state index contributed by atoms with van der Waals surface area (Å²) in [4.78, 5) is 32.7. The highest BCUT2D eigenvalue weighted by atomic mass is 16.2. The van der Waals surface area contributed by atoms with Gasteiger partial charge in [-0.2, -0.15) is 0 Å². The lowest BCUT2D eigenvalue weighted by Gasteiger charge is -2.09. The van der Waals surface area contributed by atoms with E-state index in [0.717, 1.165) is 16.7 Å². The molecule has 0 aliphatic carbocycles. The van der Waals surface area contributed by atoms with Gasteiger partial charge in [-0.25, -0.2) is 14.8 Å². The first kappa shape index (κ1) is 15.0. The summed E-state index contributed by atoms with van der Waals surface area (Å²) >= 11 is 0. The van der Waals surface area contributed by atoms with Gasteiger partial charge in [0.25, 0.3) is 5.56 Å². The predicted molar refractivity (Wildman–Crippen MR) is 80.7 cm³/mol. The van der Waals surface area contributed by atoms with Crippen molar-refractivity contribution in [2.24, 2.45) is 0 Å². The SMILES string of the molecule is CCCn1ccc(=O)n(Cc2nc(C)cc(NC)n2)c1=O. The van der Waals surface area contributed by atoms with Crippen molar-refractivity contribution in [1.29, 1.82) is 0 Å². The lowest BCUT2D eigenvalue weighted by atomic mass is 10.4. The molecule has 0 saturated heterocycles. The molecule has 2 rings (SSSR count). The summed E-state index contributed by atoms with van der Waals surface area (Å²) in [6.45, 7) is 4.47. The van der Waals surface area contributed by atoms with Crippen molar-refractivity contribution in [1.82, 2.24) is 19.1 Å². The van der Waals surface area contributed by atoms with E-state index >= 15 is 0 Å². The van der Waals surface area contributed by atoms with Gasteiger partial charge in [-0.15, -0.1) is 0 Å². The van der Waals surface area contributed by atoms with Crippen molar-refractivity contribution in [3.8, 4) is 0 Å². The van der Waals surface area contributed by atoms with Crippen LogP contribution in [0.4, 0.5) is 5.82 Å². The van der Waals surface area contributed by atoms with E-state index in [1.54, 1.807) is 13.1 Å². The quantitative estimate of drug-likeness (QED) is 0.872. The van der Waals surface area contributed by atoms with Crippen molar-refractivity contribution < 1.29 is 0 Å². The average Bonchev–Trinajstić information content (AvgIpc) is 2.46. The summed E-state index contributed by atoms with van der Waals surface area (Å²) < 4.78 is 2.68. The smallest absolute Gasteiger partial charge is 0.331 e. The summed E-state index contributed by atoms with van der Waals surface area (Å²) in [5.41, 5.74) is 0.103. The first-order chi connectivity index (χ1) is 10.0. The van der Waals surface area contributed by atoms with Crippen LogP contribution < -0.4 is 16.6 Å². The number of nitrogens with one attached hydrogen (secondary N) is 1. The van der Waals surface area contributed by atoms with Gasteiger partial charge < -0.3 is 9.88 Å². The number of hydrogen-bond donors (Lipinski definition) is 1. The van der Waals surface area contributed by atoms with E-state index in [9.17, 15) is 9.59 Å². The molecule has 7 nitrogen and oxygen atoms in total.